The SMILES string of the molecule is Cc1c(F)cccc1-c1cc(N)nc(C(C)(C)C)n1. The summed E-state index contributed by atoms with van der Waals surface area (Å²) in [5.74, 6) is 0.816. The van der Waals surface area contributed by atoms with Crippen molar-refractivity contribution < 1.29 is 4.39 Å². The van der Waals surface area contributed by atoms with Gasteiger partial charge in [0.1, 0.15) is 17.5 Å². The standard InChI is InChI=1S/C15H18FN3/c1-9-10(6-5-7-11(9)16)12-8-13(17)19-14(18-12)15(2,3)4/h5-8H,1-4H3,(H2,17,18,19). The quantitative estimate of drug-likeness (QED) is 0.853. The van der Waals surface area contributed by atoms with E-state index in [0.29, 0.717) is 22.9 Å². The molecule has 0 radical (unpaired) electrons. The van der Waals surface area contributed by atoms with Crippen molar-refractivity contribution in [2.24, 2.45) is 0 Å². The molecule has 4 heteroatoms. The van der Waals surface area contributed by atoms with Crippen LogP contribution in [0.4, 0.5) is 10.2 Å². The molecule has 3 nitrogen and oxygen atoms in total. The summed E-state index contributed by atoms with van der Waals surface area (Å²) >= 11 is 0. The summed E-state index contributed by atoms with van der Waals surface area (Å²) in [5, 5.41) is 0. The zero-order chi connectivity index (χ0) is 14.2. The van der Waals surface area contributed by atoms with Crippen LogP contribution >= 0.6 is 0 Å². The third-order valence-corrected chi connectivity index (χ3v) is 2.96. The second-order valence-electron chi connectivity index (χ2n) is 5.66. The van der Waals surface area contributed by atoms with Crippen LogP contribution < -0.4 is 5.73 Å². The second-order valence-corrected chi connectivity index (χ2v) is 5.66. The van der Waals surface area contributed by atoms with Crippen LogP contribution in [0.3, 0.4) is 0 Å². The molecule has 0 spiro atoms. The Bertz CT molecular complexity index is 615. The topological polar surface area (TPSA) is 51.8 Å². The van der Waals surface area contributed by atoms with Gasteiger partial charge in [-0.05, 0) is 18.6 Å². The molecule has 2 rings (SSSR count). The van der Waals surface area contributed by atoms with Gasteiger partial charge < -0.3 is 5.73 Å². The van der Waals surface area contributed by atoms with Crippen LogP contribution in [0.25, 0.3) is 11.3 Å². The number of halogens is 1. The predicted octanol–water partition coefficient (Wildman–Crippen LogP) is 3.47. The lowest BCUT2D eigenvalue weighted by Gasteiger charge is -2.18. The number of benzene rings is 1. The average Bonchev–Trinajstić information content (AvgIpc) is 2.31. The maximum atomic E-state index is 13.6. The Morgan fingerprint density at radius 1 is 1.16 bits per heavy atom. The Hall–Kier alpha value is -1.97. The Kier molecular flexibility index (Phi) is 3.27. The largest absolute Gasteiger partial charge is 0.384 e. The Labute approximate surface area is 112 Å². The van der Waals surface area contributed by atoms with Crippen molar-refractivity contribution in [1.82, 2.24) is 9.97 Å². The number of aromatic nitrogens is 2. The highest BCUT2D eigenvalue weighted by Crippen LogP contribution is 2.27. The minimum Gasteiger partial charge on any atom is -0.384 e. The monoisotopic (exact) mass is 259 g/mol. The van der Waals surface area contributed by atoms with Crippen molar-refractivity contribution in [3.63, 3.8) is 0 Å². The number of rotatable bonds is 1. The lowest BCUT2D eigenvalue weighted by Crippen LogP contribution is -2.17. The fraction of sp³-hybridized carbons (Fsp3) is 0.333. The van der Waals surface area contributed by atoms with Gasteiger partial charge in [0, 0.05) is 17.0 Å². The predicted molar refractivity (Wildman–Crippen MR) is 75.3 cm³/mol. The smallest absolute Gasteiger partial charge is 0.136 e. The van der Waals surface area contributed by atoms with Gasteiger partial charge in [-0.3, -0.25) is 0 Å². The zero-order valence-corrected chi connectivity index (χ0v) is 11.7. The minimum absolute atomic E-state index is 0.203. The lowest BCUT2D eigenvalue weighted by molar-refractivity contribution is 0.547. The summed E-state index contributed by atoms with van der Waals surface area (Å²) in [5.41, 5.74) is 7.61. The van der Waals surface area contributed by atoms with Crippen LogP contribution in [0.5, 0.6) is 0 Å². The maximum absolute atomic E-state index is 13.6. The van der Waals surface area contributed by atoms with Gasteiger partial charge in [-0.25, -0.2) is 14.4 Å². The van der Waals surface area contributed by atoms with Crippen molar-refractivity contribution in [2.45, 2.75) is 33.1 Å². The van der Waals surface area contributed by atoms with Gasteiger partial charge >= 0.3 is 0 Å². The maximum Gasteiger partial charge on any atom is 0.136 e. The molecule has 2 N–H and O–H groups in total. The first kappa shape index (κ1) is 13.5. The zero-order valence-electron chi connectivity index (χ0n) is 11.7. The molecule has 100 valence electrons. The highest BCUT2D eigenvalue weighted by Gasteiger charge is 2.19. The van der Waals surface area contributed by atoms with Crippen molar-refractivity contribution in [3.05, 3.63) is 41.5 Å². The Balaban J connectivity index is 2.63. The molecule has 0 fully saturated rings. The van der Waals surface area contributed by atoms with Crippen LogP contribution in [0.15, 0.2) is 24.3 Å². The first-order chi connectivity index (χ1) is 8.79. The molecule has 1 aromatic carbocycles. The molecule has 1 heterocycles. The van der Waals surface area contributed by atoms with E-state index >= 15 is 0 Å². The molecule has 0 aliphatic heterocycles. The fourth-order valence-electron chi connectivity index (χ4n) is 1.82. The summed E-state index contributed by atoms with van der Waals surface area (Å²) < 4.78 is 13.6. The van der Waals surface area contributed by atoms with Crippen molar-refractivity contribution in [3.8, 4) is 11.3 Å². The Morgan fingerprint density at radius 3 is 2.47 bits per heavy atom. The number of hydrogen-bond acceptors (Lipinski definition) is 3. The van der Waals surface area contributed by atoms with E-state index in [-0.39, 0.29) is 11.2 Å². The molecular weight excluding hydrogens is 241 g/mol. The van der Waals surface area contributed by atoms with Gasteiger partial charge in [-0.1, -0.05) is 32.9 Å². The van der Waals surface area contributed by atoms with E-state index in [1.165, 1.54) is 6.07 Å². The number of nitrogens with two attached hydrogens (primary N) is 1. The van der Waals surface area contributed by atoms with E-state index in [9.17, 15) is 4.39 Å². The molecule has 0 saturated carbocycles. The summed E-state index contributed by atoms with van der Waals surface area (Å²) in [6.45, 7) is 7.79. The highest BCUT2D eigenvalue weighted by molar-refractivity contribution is 5.65. The van der Waals surface area contributed by atoms with Gasteiger partial charge in [-0.15, -0.1) is 0 Å². The van der Waals surface area contributed by atoms with Crippen LogP contribution in [-0.2, 0) is 5.41 Å². The van der Waals surface area contributed by atoms with Gasteiger partial charge in [0.25, 0.3) is 0 Å². The summed E-state index contributed by atoms with van der Waals surface area (Å²) in [4.78, 5) is 8.77. The first-order valence-electron chi connectivity index (χ1n) is 6.19. The molecule has 0 aliphatic carbocycles. The normalized spacial score (nSPS) is 11.6. The second kappa shape index (κ2) is 4.61. The first-order valence-corrected chi connectivity index (χ1v) is 6.19. The number of nitrogen functional groups attached to an aromatic ring is 1. The molecule has 0 amide bonds. The molecule has 0 saturated heterocycles. The van der Waals surface area contributed by atoms with E-state index < -0.39 is 0 Å². The lowest BCUT2D eigenvalue weighted by atomic mass is 9.95. The summed E-state index contributed by atoms with van der Waals surface area (Å²) in [6, 6.07) is 6.63. The molecule has 0 bridgehead atoms. The molecule has 2 aromatic rings. The van der Waals surface area contributed by atoms with E-state index in [0.717, 1.165) is 5.56 Å². The molecule has 0 unspecified atom stereocenters. The van der Waals surface area contributed by atoms with Crippen LogP contribution in [0.1, 0.15) is 32.2 Å². The van der Waals surface area contributed by atoms with E-state index in [2.05, 4.69) is 9.97 Å². The van der Waals surface area contributed by atoms with E-state index in [4.69, 9.17) is 5.73 Å². The third-order valence-electron chi connectivity index (χ3n) is 2.96. The molecule has 0 atom stereocenters. The van der Waals surface area contributed by atoms with Crippen LogP contribution in [0.2, 0.25) is 0 Å². The fourth-order valence-corrected chi connectivity index (χ4v) is 1.82. The molecule has 19 heavy (non-hydrogen) atoms. The summed E-state index contributed by atoms with van der Waals surface area (Å²) in [7, 11) is 0. The van der Waals surface area contributed by atoms with Gasteiger partial charge in [0.15, 0.2) is 0 Å². The Morgan fingerprint density at radius 2 is 1.84 bits per heavy atom. The van der Waals surface area contributed by atoms with Gasteiger partial charge in [-0.2, -0.15) is 0 Å². The average molecular weight is 259 g/mol. The van der Waals surface area contributed by atoms with Crippen molar-refractivity contribution in [1.29, 1.82) is 0 Å². The van der Waals surface area contributed by atoms with E-state index in [1.54, 1.807) is 19.1 Å². The molecule has 1 aromatic heterocycles. The number of hydrogen-bond donors (Lipinski definition) is 1. The summed E-state index contributed by atoms with van der Waals surface area (Å²) in [6.07, 6.45) is 0. The van der Waals surface area contributed by atoms with E-state index in [1.807, 2.05) is 26.8 Å². The number of anilines is 1. The van der Waals surface area contributed by atoms with Crippen molar-refractivity contribution >= 4 is 5.82 Å². The highest BCUT2D eigenvalue weighted by atomic mass is 19.1. The van der Waals surface area contributed by atoms with Crippen LogP contribution in [-0.4, -0.2) is 9.97 Å². The van der Waals surface area contributed by atoms with Crippen molar-refractivity contribution in [2.75, 3.05) is 5.73 Å². The minimum atomic E-state index is -0.244. The molecular formula is C15H18FN3. The molecule has 0 aliphatic rings. The third kappa shape index (κ3) is 2.72. The van der Waals surface area contributed by atoms with Gasteiger partial charge in [0.2, 0.25) is 0 Å². The van der Waals surface area contributed by atoms with Crippen LogP contribution in [0, 0.1) is 12.7 Å². The van der Waals surface area contributed by atoms with Gasteiger partial charge in [0.05, 0.1) is 5.69 Å². The number of nitrogens with zero attached hydrogens (tertiary/aromatic N) is 2.